The van der Waals surface area contributed by atoms with Gasteiger partial charge in [-0.2, -0.15) is 13.2 Å². The molecule has 1 N–H and O–H groups in total. The van der Waals surface area contributed by atoms with Crippen molar-refractivity contribution in [3.8, 4) is 5.75 Å². The number of hydrogen-bond donors (Lipinski definition) is 1. The molecule has 4 nitrogen and oxygen atoms in total. The monoisotopic (exact) mass is 457 g/mol. The van der Waals surface area contributed by atoms with E-state index < -0.39 is 41.5 Å². The van der Waals surface area contributed by atoms with Crippen molar-refractivity contribution in [1.82, 2.24) is 0 Å². The predicted octanol–water partition coefficient (Wildman–Crippen LogP) is 4.48. The Hall–Kier alpha value is -3.33. The van der Waals surface area contributed by atoms with Gasteiger partial charge in [0.25, 0.3) is 5.91 Å². The zero-order chi connectivity index (χ0) is 24.0. The number of hydrogen-bond acceptors (Lipinski definition) is 3. The smallest absolute Gasteiger partial charge is 0.417 e. The Morgan fingerprint density at radius 3 is 2.36 bits per heavy atom. The van der Waals surface area contributed by atoms with E-state index in [1.807, 2.05) is 38.1 Å². The van der Waals surface area contributed by atoms with Crippen LogP contribution in [-0.4, -0.2) is 19.9 Å². The number of carbonyl (C=O) groups is 1. The van der Waals surface area contributed by atoms with Gasteiger partial charge in [-0.25, -0.2) is 4.39 Å². The molecule has 0 aromatic heterocycles. The summed E-state index contributed by atoms with van der Waals surface area (Å²) >= 11 is 0. The van der Waals surface area contributed by atoms with Gasteiger partial charge >= 0.3 is 13.1 Å². The van der Waals surface area contributed by atoms with Crippen molar-refractivity contribution in [2.75, 3.05) is 12.4 Å². The van der Waals surface area contributed by atoms with Crippen LogP contribution >= 0.6 is 0 Å². The van der Waals surface area contributed by atoms with Crippen molar-refractivity contribution in [2.24, 2.45) is 0 Å². The van der Waals surface area contributed by atoms with Gasteiger partial charge in [0.1, 0.15) is 11.6 Å². The third-order valence-electron chi connectivity index (χ3n) is 5.60. The maximum absolute atomic E-state index is 13.4. The van der Waals surface area contributed by atoms with Crippen LogP contribution in [0.3, 0.4) is 0 Å². The van der Waals surface area contributed by atoms with Crippen LogP contribution in [0.5, 0.6) is 5.75 Å². The Labute approximate surface area is 188 Å². The second kappa shape index (κ2) is 8.22. The first-order valence-corrected chi connectivity index (χ1v) is 10.1. The van der Waals surface area contributed by atoms with E-state index in [2.05, 4.69) is 5.32 Å². The van der Waals surface area contributed by atoms with E-state index in [-0.39, 0.29) is 0 Å². The van der Waals surface area contributed by atoms with Crippen LogP contribution in [0.25, 0.3) is 0 Å². The molecule has 1 heterocycles. The molecule has 0 unspecified atom stereocenters. The first kappa shape index (κ1) is 22.9. The van der Waals surface area contributed by atoms with Gasteiger partial charge in [0.15, 0.2) is 0 Å². The first-order valence-electron chi connectivity index (χ1n) is 10.1. The van der Waals surface area contributed by atoms with Crippen molar-refractivity contribution in [3.63, 3.8) is 0 Å². The van der Waals surface area contributed by atoms with Crippen molar-refractivity contribution in [1.29, 1.82) is 0 Å². The number of amides is 1. The van der Waals surface area contributed by atoms with Crippen LogP contribution in [0.2, 0.25) is 0 Å². The van der Waals surface area contributed by atoms with E-state index in [0.717, 1.165) is 28.6 Å². The number of nitrogens with one attached hydrogen (secondary N) is 1. The van der Waals surface area contributed by atoms with Crippen LogP contribution in [0.4, 0.5) is 23.2 Å². The molecule has 0 saturated carbocycles. The Bertz CT molecular complexity index is 1210. The molecule has 0 spiro atoms. The summed E-state index contributed by atoms with van der Waals surface area (Å²) in [6, 6.07) is 14.4. The van der Waals surface area contributed by atoms with Crippen LogP contribution < -0.4 is 21.0 Å². The van der Waals surface area contributed by atoms with Gasteiger partial charge in [-0.05, 0) is 72.8 Å². The third-order valence-corrected chi connectivity index (χ3v) is 5.60. The van der Waals surface area contributed by atoms with Gasteiger partial charge in [0.2, 0.25) is 0 Å². The highest BCUT2D eigenvalue weighted by Gasteiger charge is 2.42. The van der Waals surface area contributed by atoms with Crippen molar-refractivity contribution in [2.45, 2.75) is 25.6 Å². The molecule has 0 saturated heterocycles. The molecule has 1 aliphatic rings. The van der Waals surface area contributed by atoms with E-state index in [9.17, 15) is 22.4 Å². The molecular weight excluding hydrogens is 437 g/mol. The molecule has 9 heteroatoms. The molecule has 3 aromatic rings. The van der Waals surface area contributed by atoms with Gasteiger partial charge in [0.05, 0.1) is 23.8 Å². The fourth-order valence-electron chi connectivity index (χ4n) is 4.00. The average molecular weight is 457 g/mol. The number of fused-ring (bicyclic) bond motifs is 1. The lowest BCUT2D eigenvalue weighted by atomic mass is 9.56. The Kier molecular flexibility index (Phi) is 5.70. The molecule has 170 valence electrons. The van der Waals surface area contributed by atoms with E-state index in [0.29, 0.717) is 17.5 Å². The molecule has 1 aliphatic heterocycles. The largest absolute Gasteiger partial charge is 0.497 e. The molecule has 33 heavy (non-hydrogen) atoms. The summed E-state index contributed by atoms with van der Waals surface area (Å²) in [5, 5.41) is 2.50. The summed E-state index contributed by atoms with van der Waals surface area (Å²) in [7, 11) is 1.57. The third kappa shape index (κ3) is 4.46. The number of methoxy groups -OCH3 is 1. The van der Waals surface area contributed by atoms with Crippen molar-refractivity contribution < 1.29 is 31.7 Å². The first-order chi connectivity index (χ1) is 15.5. The number of carbonyl (C=O) groups excluding carboxylic acids is 1. The summed E-state index contributed by atoms with van der Waals surface area (Å²) in [6.07, 6.45) is -4.87. The summed E-state index contributed by atoms with van der Waals surface area (Å²) in [5.74, 6) is -1.36. The zero-order valence-electron chi connectivity index (χ0n) is 18.1. The highest BCUT2D eigenvalue weighted by atomic mass is 19.4. The molecule has 3 aromatic carbocycles. The molecular formula is C24H20BF4NO3. The number of alkyl halides is 3. The molecule has 4 rings (SSSR count). The minimum atomic E-state index is -4.87. The van der Waals surface area contributed by atoms with Gasteiger partial charge in [-0.15, -0.1) is 0 Å². The number of benzene rings is 3. The molecule has 1 amide bonds. The maximum Gasteiger partial charge on any atom is 0.417 e. The summed E-state index contributed by atoms with van der Waals surface area (Å²) in [5.41, 5.74) is 0.259. The minimum absolute atomic E-state index is 0.302. The zero-order valence-corrected chi connectivity index (χ0v) is 18.1. The van der Waals surface area contributed by atoms with E-state index >= 15 is 0 Å². The topological polar surface area (TPSA) is 47.6 Å². The highest BCUT2D eigenvalue weighted by Crippen LogP contribution is 2.34. The second-order valence-corrected chi connectivity index (χ2v) is 8.23. The number of halogens is 4. The maximum atomic E-state index is 13.4. The summed E-state index contributed by atoms with van der Waals surface area (Å²) in [4.78, 5) is 12.7. The average Bonchev–Trinajstić information content (AvgIpc) is 3.03. The van der Waals surface area contributed by atoms with Crippen LogP contribution in [0, 0.1) is 5.82 Å². The molecule has 0 radical (unpaired) electrons. The van der Waals surface area contributed by atoms with Crippen molar-refractivity contribution >= 4 is 29.4 Å². The number of rotatable bonds is 4. The highest BCUT2D eigenvalue weighted by molar-refractivity contribution is 6.81. The summed E-state index contributed by atoms with van der Waals surface area (Å²) < 4.78 is 64.8. The molecule has 0 bridgehead atoms. The minimum Gasteiger partial charge on any atom is -0.497 e. The fraction of sp³-hybridized carbons (Fsp3) is 0.208. The van der Waals surface area contributed by atoms with Gasteiger partial charge < -0.3 is 14.7 Å². The van der Waals surface area contributed by atoms with Gasteiger partial charge in [-0.1, -0.05) is 18.2 Å². The molecule has 0 atom stereocenters. The second-order valence-electron chi connectivity index (χ2n) is 8.23. The van der Waals surface area contributed by atoms with E-state index in [1.54, 1.807) is 25.3 Å². The fourth-order valence-corrected chi connectivity index (χ4v) is 4.00. The standard InChI is InChI=1S/C24H20BF4NO3/c1-23(2)19-11-7-16(13-21(19)25(33-23)14-4-8-17(32-3)9-5-14)30-22(31)18-10-6-15(26)12-20(18)24(27,28)29/h4-13H,1-3H3,(H,30,31). The molecule has 0 aliphatic carbocycles. The number of anilines is 1. The normalized spacial score (nSPS) is 14.7. The summed E-state index contributed by atoms with van der Waals surface area (Å²) in [6.45, 7) is 3.40. The lowest BCUT2D eigenvalue weighted by molar-refractivity contribution is -0.138. The lowest BCUT2D eigenvalue weighted by Crippen LogP contribution is -2.41. The quantitative estimate of drug-likeness (QED) is 0.465. The van der Waals surface area contributed by atoms with Crippen LogP contribution in [-0.2, 0) is 16.4 Å². The lowest BCUT2D eigenvalue weighted by Gasteiger charge is -2.21. The van der Waals surface area contributed by atoms with Gasteiger partial charge in [-0.3, -0.25) is 4.79 Å². The molecule has 0 fully saturated rings. The van der Waals surface area contributed by atoms with Crippen molar-refractivity contribution in [3.05, 3.63) is 83.2 Å². The van der Waals surface area contributed by atoms with Gasteiger partial charge in [0, 0.05) is 5.69 Å². The number of ether oxygens (including phenoxy) is 1. The van der Waals surface area contributed by atoms with Crippen LogP contribution in [0.1, 0.15) is 35.3 Å². The van der Waals surface area contributed by atoms with Crippen LogP contribution in [0.15, 0.2) is 60.7 Å². The van der Waals surface area contributed by atoms with E-state index in [1.165, 1.54) is 0 Å². The Morgan fingerprint density at radius 2 is 1.73 bits per heavy atom. The Morgan fingerprint density at radius 1 is 1.03 bits per heavy atom. The Balaban J connectivity index is 1.67. The SMILES string of the molecule is COc1ccc(B2OC(C)(C)c3ccc(NC(=O)c4ccc(F)cc4C(F)(F)F)cc32)cc1. The van der Waals surface area contributed by atoms with E-state index in [4.69, 9.17) is 9.39 Å². The predicted molar refractivity (Wildman–Crippen MR) is 118 cm³/mol.